The summed E-state index contributed by atoms with van der Waals surface area (Å²) in [5.74, 6) is 0.166. The van der Waals surface area contributed by atoms with Crippen molar-refractivity contribution in [2.24, 2.45) is 0 Å². The molecule has 1 heterocycles. The van der Waals surface area contributed by atoms with Gasteiger partial charge in [0.2, 0.25) is 0 Å². The molecule has 86 valence electrons. The topological polar surface area (TPSA) is 35.5 Å². The van der Waals surface area contributed by atoms with Gasteiger partial charge in [0, 0.05) is 13.0 Å². The van der Waals surface area contributed by atoms with E-state index in [1.165, 1.54) is 0 Å². The predicted molar refractivity (Wildman–Crippen MR) is 60.1 cm³/mol. The zero-order valence-corrected chi connectivity index (χ0v) is 9.22. The highest BCUT2D eigenvalue weighted by Crippen LogP contribution is 2.10. The summed E-state index contributed by atoms with van der Waals surface area (Å²) in [6.07, 6.45) is 1.12. The first-order valence-corrected chi connectivity index (χ1v) is 5.62. The normalized spacial score (nSPS) is 21.0. The molecule has 0 N–H and O–H groups in total. The lowest BCUT2D eigenvalue weighted by Gasteiger charge is -2.21. The zero-order chi connectivity index (χ0) is 11.2. The maximum absolute atomic E-state index is 11.4. The van der Waals surface area contributed by atoms with Gasteiger partial charge in [0.25, 0.3) is 0 Å². The second-order valence-electron chi connectivity index (χ2n) is 3.93. The maximum atomic E-state index is 11.4. The molecule has 0 unspecified atom stereocenters. The fourth-order valence-electron chi connectivity index (χ4n) is 1.73. The van der Waals surface area contributed by atoms with Gasteiger partial charge < -0.3 is 9.47 Å². The summed E-state index contributed by atoms with van der Waals surface area (Å²) in [7, 11) is 0. The Kier molecular flexibility index (Phi) is 4.08. The van der Waals surface area contributed by atoms with Gasteiger partial charge in [-0.05, 0) is 12.0 Å². The molecule has 0 radical (unpaired) electrons. The van der Waals surface area contributed by atoms with Crippen molar-refractivity contribution >= 4 is 5.78 Å². The van der Waals surface area contributed by atoms with E-state index in [-0.39, 0.29) is 11.9 Å². The molecular formula is C13H16O3. The Morgan fingerprint density at radius 2 is 2.12 bits per heavy atom. The molecule has 0 saturated carbocycles. The number of carbonyl (C=O) groups is 1. The summed E-state index contributed by atoms with van der Waals surface area (Å²) in [5, 5.41) is 0. The third-order valence-electron chi connectivity index (χ3n) is 2.63. The number of hydrogen-bond donors (Lipinski definition) is 0. The number of hydrogen-bond acceptors (Lipinski definition) is 3. The number of benzene rings is 1. The highest BCUT2D eigenvalue weighted by Gasteiger charge is 2.22. The molecule has 1 atom stereocenters. The van der Waals surface area contributed by atoms with E-state index < -0.39 is 0 Å². The summed E-state index contributed by atoms with van der Waals surface area (Å²) < 4.78 is 10.8. The lowest BCUT2D eigenvalue weighted by atomic mass is 10.1. The summed E-state index contributed by atoms with van der Waals surface area (Å²) in [5.41, 5.74) is 1.12. The molecule has 1 fully saturated rings. The standard InChI is InChI=1S/C13H16O3/c14-12-7-4-8-16-13(12)10-15-9-11-5-2-1-3-6-11/h1-3,5-6,13H,4,7-10H2/t13-/m1/s1. The Morgan fingerprint density at radius 1 is 1.31 bits per heavy atom. The van der Waals surface area contributed by atoms with Crippen molar-refractivity contribution in [3.05, 3.63) is 35.9 Å². The van der Waals surface area contributed by atoms with E-state index in [4.69, 9.17) is 9.47 Å². The van der Waals surface area contributed by atoms with E-state index in [1.54, 1.807) is 0 Å². The van der Waals surface area contributed by atoms with Crippen molar-refractivity contribution in [2.75, 3.05) is 13.2 Å². The molecule has 1 aromatic carbocycles. The van der Waals surface area contributed by atoms with Crippen LogP contribution in [-0.2, 0) is 20.9 Å². The van der Waals surface area contributed by atoms with Crippen LogP contribution in [0.2, 0.25) is 0 Å². The van der Waals surface area contributed by atoms with Crippen molar-refractivity contribution in [1.29, 1.82) is 0 Å². The van der Waals surface area contributed by atoms with Gasteiger partial charge in [0.15, 0.2) is 5.78 Å². The second-order valence-corrected chi connectivity index (χ2v) is 3.93. The predicted octanol–water partition coefficient (Wildman–Crippen LogP) is 1.95. The van der Waals surface area contributed by atoms with Gasteiger partial charge in [0.1, 0.15) is 6.10 Å². The van der Waals surface area contributed by atoms with Gasteiger partial charge in [-0.3, -0.25) is 4.79 Å². The lowest BCUT2D eigenvalue weighted by Crippen LogP contribution is -2.33. The van der Waals surface area contributed by atoms with E-state index in [0.717, 1.165) is 12.0 Å². The lowest BCUT2D eigenvalue weighted by molar-refractivity contribution is -0.140. The SMILES string of the molecule is O=C1CCCO[C@@H]1COCc1ccccc1. The molecule has 0 spiro atoms. The van der Waals surface area contributed by atoms with Crippen LogP contribution >= 0.6 is 0 Å². The summed E-state index contributed by atoms with van der Waals surface area (Å²) in [6.45, 7) is 1.58. The van der Waals surface area contributed by atoms with E-state index in [0.29, 0.717) is 26.2 Å². The number of ketones is 1. The average Bonchev–Trinajstić information content (AvgIpc) is 2.33. The van der Waals surface area contributed by atoms with Crippen LogP contribution in [0.5, 0.6) is 0 Å². The van der Waals surface area contributed by atoms with Crippen molar-refractivity contribution in [3.63, 3.8) is 0 Å². The molecule has 2 rings (SSSR count). The molecule has 3 heteroatoms. The van der Waals surface area contributed by atoms with Crippen LogP contribution in [0.4, 0.5) is 0 Å². The van der Waals surface area contributed by atoms with Crippen molar-refractivity contribution in [1.82, 2.24) is 0 Å². The largest absolute Gasteiger partial charge is 0.374 e. The highest BCUT2D eigenvalue weighted by atomic mass is 16.5. The van der Waals surface area contributed by atoms with Gasteiger partial charge in [-0.1, -0.05) is 30.3 Å². The molecule has 0 bridgehead atoms. The second kappa shape index (κ2) is 5.77. The van der Waals surface area contributed by atoms with Crippen LogP contribution < -0.4 is 0 Å². The van der Waals surface area contributed by atoms with Gasteiger partial charge in [0.05, 0.1) is 13.2 Å². The van der Waals surface area contributed by atoms with Gasteiger partial charge >= 0.3 is 0 Å². The smallest absolute Gasteiger partial charge is 0.164 e. The third-order valence-corrected chi connectivity index (χ3v) is 2.63. The zero-order valence-electron chi connectivity index (χ0n) is 9.22. The van der Waals surface area contributed by atoms with E-state index >= 15 is 0 Å². The quantitative estimate of drug-likeness (QED) is 0.778. The molecule has 3 nitrogen and oxygen atoms in total. The fraction of sp³-hybridized carbons (Fsp3) is 0.462. The van der Waals surface area contributed by atoms with Crippen LogP contribution in [0.25, 0.3) is 0 Å². The van der Waals surface area contributed by atoms with Crippen molar-refractivity contribution in [2.45, 2.75) is 25.6 Å². The first-order valence-electron chi connectivity index (χ1n) is 5.62. The molecule has 0 amide bonds. The van der Waals surface area contributed by atoms with E-state index in [9.17, 15) is 4.79 Å². The minimum Gasteiger partial charge on any atom is -0.374 e. The monoisotopic (exact) mass is 220 g/mol. The van der Waals surface area contributed by atoms with Crippen molar-refractivity contribution in [3.8, 4) is 0 Å². The molecule has 1 saturated heterocycles. The molecule has 1 aromatic rings. The third kappa shape index (κ3) is 3.15. The minimum absolute atomic E-state index is 0.166. The molecule has 16 heavy (non-hydrogen) atoms. The maximum Gasteiger partial charge on any atom is 0.164 e. The van der Waals surface area contributed by atoms with Crippen LogP contribution in [-0.4, -0.2) is 25.1 Å². The van der Waals surface area contributed by atoms with Crippen LogP contribution in [0, 0.1) is 0 Å². The van der Waals surface area contributed by atoms with Crippen LogP contribution in [0.15, 0.2) is 30.3 Å². The van der Waals surface area contributed by atoms with E-state index in [1.807, 2.05) is 30.3 Å². The average molecular weight is 220 g/mol. The van der Waals surface area contributed by atoms with Gasteiger partial charge in [-0.25, -0.2) is 0 Å². The van der Waals surface area contributed by atoms with E-state index in [2.05, 4.69) is 0 Å². The molecule has 0 aliphatic carbocycles. The Labute approximate surface area is 95.4 Å². The van der Waals surface area contributed by atoms with Gasteiger partial charge in [-0.15, -0.1) is 0 Å². The Balaban J connectivity index is 1.73. The number of carbonyl (C=O) groups excluding carboxylic acids is 1. The number of Topliss-reactive ketones (excluding diaryl/α,β-unsaturated/α-hetero) is 1. The fourth-order valence-corrected chi connectivity index (χ4v) is 1.73. The first-order chi connectivity index (χ1) is 7.86. The van der Waals surface area contributed by atoms with Crippen LogP contribution in [0.3, 0.4) is 0 Å². The van der Waals surface area contributed by atoms with Crippen molar-refractivity contribution < 1.29 is 14.3 Å². The Morgan fingerprint density at radius 3 is 2.88 bits per heavy atom. The number of rotatable bonds is 4. The first kappa shape index (κ1) is 11.3. The molecule has 0 aromatic heterocycles. The Bertz CT molecular complexity index is 334. The minimum atomic E-state index is -0.350. The molecule has 1 aliphatic heterocycles. The molecular weight excluding hydrogens is 204 g/mol. The molecule has 1 aliphatic rings. The summed E-state index contributed by atoms with van der Waals surface area (Å²) in [6, 6.07) is 9.92. The summed E-state index contributed by atoms with van der Waals surface area (Å²) >= 11 is 0. The number of ether oxygens (including phenoxy) is 2. The van der Waals surface area contributed by atoms with Gasteiger partial charge in [-0.2, -0.15) is 0 Å². The Hall–Kier alpha value is -1.19. The van der Waals surface area contributed by atoms with Crippen LogP contribution in [0.1, 0.15) is 18.4 Å². The summed E-state index contributed by atoms with van der Waals surface area (Å²) in [4.78, 5) is 11.4. The highest BCUT2D eigenvalue weighted by molar-refractivity contribution is 5.83.